The highest BCUT2D eigenvalue weighted by molar-refractivity contribution is 6.34. The van der Waals surface area contributed by atoms with Gasteiger partial charge in [-0.3, -0.25) is 4.79 Å². The quantitative estimate of drug-likeness (QED) is 0.742. The summed E-state index contributed by atoms with van der Waals surface area (Å²) in [4.78, 5) is 12.1. The molecule has 3 rings (SSSR count). The Morgan fingerprint density at radius 3 is 2.94 bits per heavy atom. The molecule has 2 atom stereocenters. The Balaban J connectivity index is 2.01. The number of carbonyl (C=O) groups excluding carboxylic acids is 1. The molecule has 90 valence electrons. The van der Waals surface area contributed by atoms with Crippen molar-refractivity contribution in [1.29, 1.82) is 0 Å². The normalized spacial score (nSPS) is 27.2. The van der Waals surface area contributed by atoms with E-state index in [0.717, 1.165) is 30.6 Å². The van der Waals surface area contributed by atoms with Crippen LogP contribution >= 0.6 is 11.6 Å². The van der Waals surface area contributed by atoms with Gasteiger partial charge in [0.2, 0.25) is 5.91 Å². The molecule has 4 heteroatoms. The molecule has 0 radical (unpaired) electrons. The topological polar surface area (TPSA) is 41.1 Å². The van der Waals surface area contributed by atoms with Crippen LogP contribution in [-0.2, 0) is 4.79 Å². The van der Waals surface area contributed by atoms with E-state index in [0.29, 0.717) is 5.02 Å². The fraction of sp³-hybridized carbons (Fsp3) is 0.462. The molecule has 0 bridgehead atoms. The molecule has 1 saturated carbocycles. The molecule has 0 spiro atoms. The first kappa shape index (κ1) is 10.9. The molecule has 0 aromatic heterocycles. The lowest BCUT2D eigenvalue weighted by molar-refractivity contribution is -0.120. The Labute approximate surface area is 106 Å². The van der Waals surface area contributed by atoms with Gasteiger partial charge in [0.15, 0.2) is 0 Å². The van der Waals surface area contributed by atoms with Gasteiger partial charge in [0.25, 0.3) is 0 Å². The first-order chi connectivity index (χ1) is 8.25. The van der Waals surface area contributed by atoms with Gasteiger partial charge in [0.1, 0.15) is 0 Å². The van der Waals surface area contributed by atoms with Crippen LogP contribution in [0.15, 0.2) is 18.2 Å². The molecule has 1 aliphatic carbocycles. The molecule has 3 nitrogen and oxygen atoms in total. The van der Waals surface area contributed by atoms with Crippen molar-refractivity contribution in [3.05, 3.63) is 23.2 Å². The van der Waals surface area contributed by atoms with Crippen LogP contribution in [0, 0.1) is 5.92 Å². The average molecular weight is 251 g/mol. The Bertz CT molecular complexity index is 461. The molecule has 1 heterocycles. The predicted molar refractivity (Wildman–Crippen MR) is 69.5 cm³/mol. The van der Waals surface area contributed by atoms with E-state index in [1.807, 2.05) is 18.2 Å². The van der Waals surface area contributed by atoms with Crippen LogP contribution in [0.25, 0.3) is 0 Å². The number of fused-ring (bicyclic) bond motifs is 2. The van der Waals surface area contributed by atoms with Gasteiger partial charge in [0, 0.05) is 6.04 Å². The van der Waals surface area contributed by atoms with Crippen LogP contribution in [0.3, 0.4) is 0 Å². The van der Waals surface area contributed by atoms with Crippen molar-refractivity contribution in [3.63, 3.8) is 0 Å². The fourth-order valence-electron chi connectivity index (χ4n) is 2.80. The number of hydrogen-bond donors (Lipinski definition) is 2. The number of halogens is 1. The van der Waals surface area contributed by atoms with E-state index in [4.69, 9.17) is 11.6 Å². The number of benzene rings is 1. The Hall–Kier alpha value is -1.22. The summed E-state index contributed by atoms with van der Waals surface area (Å²) in [5, 5.41) is 7.10. The number of carbonyl (C=O) groups is 1. The van der Waals surface area contributed by atoms with Crippen molar-refractivity contribution in [2.24, 2.45) is 5.92 Å². The molecule has 17 heavy (non-hydrogen) atoms. The van der Waals surface area contributed by atoms with E-state index in [9.17, 15) is 4.79 Å². The second-order valence-corrected chi connectivity index (χ2v) is 5.20. The maximum absolute atomic E-state index is 12.1. The van der Waals surface area contributed by atoms with Gasteiger partial charge in [0.05, 0.1) is 22.3 Å². The largest absolute Gasteiger partial charge is 0.379 e. The zero-order valence-electron chi connectivity index (χ0n) is 9.50. The first-order valence-electron chi connectivity index (χ1n) is 6.11. The predicted octanol–water partition coefficient (Wildman–Crippen LogP) is 3.26. The van der Waals surface area contributed by atoms with Crippen molar-refractivity contribution in [2.45, 2.75) is 31.7 Å². The van der Waals surface area contributed by atoms with Gasteiger partial charge in [-0.15, -0.1) is 0 Å². The van der Waals surface area contributed by atoms with Crippen LogP contribution < -0.4 is 10.6 Å². The molecule has 1 fully saturated rings. The highest BCUT2D eigenvalue weighted by Crippen LogP contribution is 2.38. The molecule has 2 N–H and O–H groups in total. The molecule has 1 aromatic rings. The minimum Gasteiger partial charge on any atom is -0.379 e. The third-order valence-corrected chi connectivity index (χ3v) is 4.02. The summed E-state index contributed by atoms with van der Waals surface area (Å²) in [6.45, 7) is 0. The average Bonchev–Trinajstić information content (AvgIpc) is 2.47. The van der Waals surface area contributed by atoms with Gasteiger partial charge in [-0.1, -0.05) is 30.5 Å². The summed E-state index contributed by atoms with van der Waals surface area (Å²) in [6.07, 6.45) is 4.33. The smallest absolute Gasteiger partial charge is 0.229 e. The van der Waals surface area contributed by atoms with Gasteiger partial charge < -0.3 is 10.6 Å². The van der Waals surface area contributed by atoms with E-state index in [-0.39, 0.29) is 17.9 Å². The number of nitrogens with one attached hydrogen (secondary N) is 2. The van der Waals surface area contributed by atoms with E-state index < -0.39 is 0 Å². The van der Waals surface area contributed by atoms with Crippen molar-refractivity contribution in [3.8, 4) is 0 Å². The highest BCUT2D eigenvalue weighted by atomic mass is 35.5. The van der Waals surface area contributed by atoms with Crippen LogP contribution in [0.2, 0.25) is 5.02 Å². The van der Waals surface area contributed by atoms with Gasteiger partial charge in [-0.25, -0.2) is 0 Å². The Morgan fingerprint density at radius 2 is 2.06 bits per heavy atom. The molecule has 1 aromatic carbocycles. The van der Waals surface area contributed by atoms with Crippen LogP contribution in [0.4, 0.5) is 11.4 Å². The Morgan fingerprint density at radius 1 is 1.24 bits per heavy atom. The van der Waals surface area contributed by atoms with Crippen molar-refractivity contribution < 1.29 is 4.79 Å². The SMILES string of the molecule is O=C1Nc2cccc(Cl)c2NC2CCCCC12. The van der Waals surface area contributed by atoms with Gasteiger partial charge in [-0.2, -0.15) is 0 Å². The number of hydrogen-bond acceptors (Lipinski definition) is 2. The number of rotatable bonds is 0. The van der Waals surface area contributed by atoms with E-state index >= 15 is 0 Å². The summed E-state index contributed by atoms with van der Waals surface area (Å²) in [5.41, 5.74) is 1.67. The standard InChI is InChI=1S/C13H15ClN2O/c14-9-5-3-7-11-12(9)15-10-6-2-1-4-8(10)13(17)16-11/h3,5,7-8,10,15H,1-2,4,6H2,(H,16,17). The number of anilines is 2. The molecule has 1 amide bonds. The number of para-hydroxylation sites is 1. The van der Waals surface area contributed by atoms with Crippen molar-refractivity contribution in [2.75, 3.05) is 10.6 Å². The summed E-state index contributed by atoms with van der Waals surface area (Å²) >= 11 is 6.18. The summed E-state index contributed by atoms with van der Waals surface area (Å²) < 4.78 is 0. The minimum atomic E-state index is 0.0761. The maximum Gasteiger partial charge on any atom is 0.229 e. The second-order valence-electron chi connectivity index (χ2n) is 4.79. The fourth-order valence-corrected chi connectivity index (χ4v) is 3.03. The number of amides is 1. The highest BCUT2D eigenvalue weighted by Gasteiger charge is 2.34. The third-order valence-electron chi connectivity index (χ3n) is 3.70. The third kappa shape index (κ3) is 1.89. The van der Waals surface area contributed by atoms with E-state index in [1.54, 1.807) is 0 Å². The van der Waals surface area contributed by atoms with Crippen LogP contribution in [-0.4, -0.2) is 11.9 Å². The van der Waals surface area contributed by atoms with Gasteiger partial charge >= 0.3 is 0 Å². The molecular weight excluding hydrogens is 236 g/mol. The molecule has 2 unspecified atom stereocenters. The summed E-state index contributed by atoms with van der Waals surface area (Å²) in [5.74, 6) is 0.204. The van der Waals surface area contributed by atoms with Crippen LogP contribution in [0.5, 0.6) is 0 Å². The maximum atomic E-state index is 12.1. The van der Waals surface area contributed by atoms with E-state index in [2.05, 4.69) is 10.6 Å². The lowest BCUT2D eigenvalue weighted by Gasteiger charge is -2.29. The summed E-state index contributed by atoms with van der Waals surface area (Å²) in [6, 6.07) is 5.83. The lowest BCUT2D eigenvalue weighted by atomic mass is 9.84. The molecular formula is C13H15ClN2O. The van der Waals surface area contributed by atoms with E-state index in [1.165, 1.54) is 6.42 Å². The molecule has 2 aliphatic rings. The first-order valence-corrected chi connectivity index (χ1v) is 6.49. The van der Waals surface area contributed by atoms with Crippen LogP contribution in [0.1, 0.15) is 25.7 Å². The van der Waals surface area contributed by atoms with Crippen molar-refractivity contribution in [1.82, 2.24) is 0 Å². The molecule has 0 saturated heterocycles. The zero-order chi connectivity index (χ0) is 11.8. The van der Waals surface area contributed by atoms with Crippen molar-refractivity contribution >= 4 is 28.9 Å². The lowest BCUT2D eigenvalue weighted by Crippen LogP contribution is -2.37. The minimum absolute atomic E-state index is 0.0761. The van der Waals surface area contributed by atoms with Gasteiger partial charge in [-0.05, 0) is 25.0 Å². The monoisotopic (exact) mass is 250 g/mol. The summed E-state index contributed by atoms with van der Waals surface area (Å²) in [7, 11) is 0. The second kappa shape index (κ2) is 4.22. The molecule has 1 aliphatic heterocycles. The Kier molecular flexibility index (Phi) is 2.71. The zero-order valence-corrected chi connectivity index (χ0v) is 10.3.